The number of hydrogen-bond acceptors (Lipinski definition) is 4. The molecule has 0 radical (unpaired) electrons. The minimum Gasteiger partial charge on any atom is -0.425 e. The van der Waals surface area contributed by atoms with Crippen molar-refractivity contribution in [2.24, 2.45) is 0 Å². The third kappa shape index (κ3) is 4.27. The van der Waals surface area contributed by atoms with Crippen LogP contribution in [-0.2, 0) is 19.1 Å². The van der Waals surface area contributed by atoms with Crippen LogP contribution in [0.5, 0.6) is 0 Å². The molecule has 0 aliphatic rings. The molecule has 0 rings (SSSR count). The van der Waals surface area contributed by atoms with Gasteiger partial charge in [-0.05, 0) is 6.92 Å². The lowest BCUT2D eigenvalue weighted by atomic mass is 10.6. The maximum absolute atomic E-state index is 10.5. The maximum Gasteiger partial charge on any atom is 0.332 e. The Morgan fingerprint density at radius 2 is 2.36 bits per heavy atom. The molecular weight excluding hydrogens is 148 g/mol. The number of carbonyl (C=O) groups excluding carboxylic acids is 2. The van der Waals surface area contributed by atoms with Crippen molar-refractivity contribution in [2.75, 3.05) is 6.61 Å². The van der Waals surface area contributed by atoms with Gasteiger partial charge in [0.25, 0.3) is 6.29 Å². The van der Waals surface area contributed by atoms with Crippen molar-refractivity contribution in [3.63, 3.8) is 0 Å². The summed E-state index contributed by atoms with van der Waals surface area (Å²) in [4.78, 5) is 20.6. The number of esters is 1. The van der Waals surface area contributed by atoms with E-state index in [0.717, 1.165) is 6.08 Å². The molecule has 0 aromatic rings. The number of rotatable bonds is 5. The van der Waals surface area contributed by atoms with Crippen molar-refractivity contribution in [1.29, 1.82) is 0 Å². The van der Waals surface area contributed by atoms with Gasteiger partial charge < -0.3 is 9.47 Å². The molecule has 1 unspecified atom stereocenters. The third-order valence-corrected chi connectivity index (χ3v) is 0.841. The Morgan fingerprint density at radius 1 is 1.73 bits per heavy atom. The minimum absolute atomic E-state index is 0.313. The van der Waals surface area contributed by atoms with Gasteiger partial charge in [-0.25, -0.2) is 4.79 Å². The van der Waals surface area contributed by atoms with Crippen LogP contribution in [0.3, 0.4) is 0 Å². The Morgan fingerprint density at radius 3 is 2.73 bits per heavy atom. The van der Waals surface area contributed by atoms with Crippen molar-refractivity contribution in [3.8, 4) is 0 Å². The van der Waals surface area contributed by atoms with Gasteiger partial charge in [0.2, 0.25) is 0 Å². The maximum atomic E-state index is 10.5. The van der Waals surface area contributed by atoms with Crippen LogP contribution in [0, 0.1) is 0 Å². The van der Waals surface area contributed by atoms with Gasteiger partial charge in [0.1, 0.15) is 0 Å². The molecule has 0 saturated heterocycles. The van der Waals surface area contributed by atoms with Crippen LogP contribution in [0.2, 0.25) is 0 Å². The number of aldehydes is 1. The molecule has 0 saturated carbocycles. The van der Waals surface area contributed by atoms with E-state index in [2.05, 4.69) is 11.3 Å². The quantitative estimate of drug-likeness (QED) is 0.249. The number of hydrogen-bond donors (Lipinski definition) is 0. The molecule has 0 fully saturated rings. The van der Waals surface area contributed by atoms with Gasteiger partial charge in [0.15, 0.2) is 6.29 Å². The average molecular weight is 158 g/mol. The highest BCUT2D eigenvalue weighted by Gasteiger charge is 2.09. The van der Waals surface area contributed by atoms with Crippen molar-refractivity contribution < 1.29 is 19.1 Å². The monoisotopic (exact) mass is 158 g/mol. The summed E-state index contributed by atoms with van der Waals surface area (Å²) in [5, 5.41) is 0. The molecule has 0 bridgehead atoms. The highest BCUT2D eigenvalue weighted by atomic mass is 16.7. The lowest BCUT2D eigenvalue weighted by molar-refractivity contribution is -0.173. The van der Waals surface area contributed by atoms with Crippen LogP contribution in [0.1, 0.15) is 6.92 Å². The second-order valence-corrected chi connectivity index (χ2v) is 1.60. The molecule has 0 aromatic heterocycles. The first-order valence-corrected chi connectivity index (χ1v) is 3.14. The topological polar surface area (TPSA) is 52.6 Å². The summed E-state index contributed by atoms with van der Waals surface area (Å²) < 4.78 is 9.15. The molecule has 0 aromatic carbocycles. The number of carbonyl (C=O) groups is 2. The fourth-order valence-electron chi connectivity index (χ4n) is 0.428. The summed E-state index contributed by atoms with van der Waals surface area (Å²) >= 11 is 0. The standard InChI is InChI=1S/C7H10O4/c1-3-6(9)11-7(5-8)10-4-2/h3,5,7H,1,4H2,2H3. The Balaban J connectivity index is 3.76. The predicted molar refractivity (Wildman–Crippen MR) is 37.8 cm³/mol. The third-order valence-electron chi connectivity index (χ3n) is 0.841. The summed E-state index contributed by atoms with van der Waals surface area (Å²) in [6, 6.07) is 0. The smallest absolute Gasteiger partial charge is 0.332 e. The first kappa shape index (κ1) is 9.84. The molecule has 0 heterocycles. The molecule has 4 nitrogen and oxygen atoms in total. The summed E-state index contributed by atoms with van der Waals surface area (Å²) in [7, 11) is 0. The molecule has 62 valence electrons. The zero-order valence-corrected chi connectivity index (χ0v) is 6.28. The van der Waals surface area contributed by atoms with Gasteiger partial charge in [-0.15, -0.1) is 0 Å². The lowest BCUT2D eigenvalue weighted by Gasteiger charge is -2.08. The zero-order chi connectivity index (χ0) is 8.69. The Hall–Kier alpha value is -1.16. The van der Waals surface area contributed by atoms with E-state index in [9.17, 15) is 9.59 Å². The second-order valence-electron chi connectivity index (χ2n) is 1.60. The number of ether oxygens (including phenoxy) is 2. The molecule has 0 spiro atoms. The fraction of sp³-hybridized carbons (Fsp3) is 0.429. The Bertz CT molecular complexity index is 153. The van der Waals surface area contributed by atoms with Crippen LogP contribution < -0.4 is 0 Å². The molecule has 0 aliphatic heterocycles. The minimum atomic E-state index is -1.11. The van der Waals surface area contributed by atoms with Gasteiger partial charge in [-0.3, -0.25) is 4.79 Å². The van der Waals surface area contributed by atoms with E-state index >= 15 is 0 Å². The van der Waals surface area contributed by atoms with Crippen molar-refractivity contribution in [2.45, 2.75) is 13.2 Å². The van der Waals surface area contributed by atoms with Crippen LogP contribution in [0.25, 0.3) is 0 Å². The molecule has 0 aliphatic carbocycles. The van der Waals surface area contributed by atoms with Crippen molar-refractivity contribution in [1.82, 2.24) is 0 Å². The molecule has 0 amide bonds. The molecular formula is C7H10O4. The molecule has 1 atom stereocenters. The first-order chi connectivity index (χ1) is 5.24. The summed E-state index contributed by atoms with van der Waals surface area (Å²) in [5.41, 5.74) is 0. The van der Waals surface area contributed by atoms with Gasteiger partial charge in [-0.2, -0.15) is 0 Å². The van der Waals surface area contributed by atoms with E-state index < -0.39 is 12.3 Å². The fourth-order valence-corrected chi connectivity index (χ4v) is 0.428. The molecule has 11 heavy (non-hydrogen) atoms. The SMILES string of the molecule is C=CC(=O)OC(C=O)OCC. The van der Waals surface area contributed by atoms with E-state index in [4.69, 9.17) is 4.74 Å². The Kier molecular flexibility index (Phi) is 5.02. The predicted octanol–water partition coefficient (Wildman–Crippen LogP) is 0.277. The average Bonchev–Trinajstić information content (AvgIpc) is 2.03. The van der Waals surface area contributed by atoms with E-state index in [0.29, 0.717) is 12.9 Å². The van der Waals surface area contributed by atoms with Gasteiger partial charge in [-0.1, -0.05) is 6.58 Å². The van der Waals surface area contributed by atoms with Crippen molar-refractivity contribution in [3.05, 3.63) is 12.7 Å². The van der Waals surface area contributed by atoms with E-state index in [-0.39, 0.29) is 0 Å². The summed E-state index contributed by atoms with van der Waals surface area (Å²) in [6.45, 7) is 5.17. The van der Waals surface area contributed by atoms with Crippen LogP contribution >= 0.6 is 0 Å². The zero-order valence-electron chi connectivity index (χ0n) is 6.28. The van der Waals surface area contributed by atoms with Crippen LogP contribution in [0.4, 0.5) is 0 Å². The highest BCUT2D eigenvalue weighted by Crippen LogP contribution is 1.91. The van der Waals surface area contributed by atoms with Crippen molar-refractivity contribution >= 4 is 12.3 Å². The normalized spacial score (nSPS) is 11.7. The van der Waals surface area contributed by atoms with Crippen LogP contribution in [-0.4, -0.2) is 25.2 Å². The van der Waals surface area contributed by atoms with E-state index in [1.54, 1.807) is 6.92 Å². The lowest BCUT2D eigenvalue weighted by Crippen LogP contribution is -2.21. The van der Waals surface area contributed by atoms with E-state index in [1.807, 2.05) is 0 Å². The largest absolute Gasteiger partial charge is 0.425 e. The molecule has 0 N–H and O–H groups in total. The van der Waals surface area contributed by atoms with Crippen LogP contribution in [0.15, 0.2) is 12.7 Å². The highest BCUT2D eigenvalue weighted by molar-refractivity contribution is 5.82. The summed E-state index contributed by atoms with van der Waals surface area (Å²) in [5.74, 6) is -0.671. The van der Waals surface area contributed by atoms with Gasteiger partial charge >= 0.3 is 5.97 Å². The Labute approximate surface area is 64.8 Å². The second kappa shape index (κ2) is 5.61. The molecule has 4 heteroatoms. The van der Waals surface area contributed by atoms with Gasteiger partial charge in [0, 0.05) is 12.7 Å². The summed E-state index contributed by atoms with van der Waals surface area (Å²) in [6.07, 6.45) is 0.269. The van der Waals surface area contributed by atoms with E-state index in [1.165, 1.54) is 0 Å². The first-order valence-electron chi connectivity index (χ1n) is 3.14. The van der Waals surface area contributed by atoms with Gasteiger partial charge in [0.05, 0.1) is 0 Å².